The van der Waals surface area contributed by atoms with Crippen molar-refractivity contribution in [2.45, 2.75) is 38.2 Å². The van der Waals surface area contributed by atoms with Gasteiger partial charge in [0.25, 0.3) is 0 Å². The molecule has 3 N–H and O–H groups in total. The Morgan fingerprint density at radius 2 is 2.15 bits per heavy atom. The van der Waals surface area contributed by atoms with Crippen molar-refractivity contribution in [2.75, 3.05) is 25.6 Å². The molecule has 0 aliphatic carbocycles. The van der Waals surface area contributed by atoms with Crippen molar-refractivity contribution in [1.29, 1.82) is 0 Å². The highest BCUT2D eigenvalue weighted by atomic mass is 35.5. The number of fused-ring (bicyclic) bond motifs is 1. The molecule has 27 heavy (non-hydrogen) atoms. The summed E-state index contributed by atoms with van der Waals surface area (Å²) in [6, 6.07) is 3.20. The fourth-order valence-corrected chi connectivity index (χ4v) is 3.22. The largest absolute Gasteiger partial charge is 0.489 e. The molecule has 0 bridgehead atoms. The quantitative estimate of drug-likeness (QED) is 0.769. The number of nitrogens with zero attached hydrogens (tertiary/aromatic N) is 2. The van der Waals surface area contributed by atoms with Gasteiger partial charge in [-0.2, -0.15) is 0 Å². The summed E-state index contributed by atoms with van der Waals surface area (Å²) in [5.41, 5.74) is 7.11. The summed E-state index contributed by atoms with van der Waals surface area (Å²) in [4.78, 5) is 7.89. The molecule has 1 fully saturated rings. The van der Waals surface area contributed by atoms with Crippen molar-refractivity contribution in [2.24, 2.45) is 0 Å². The average molecular weight is 396 g/mol. The topological polar surface area (TPSA) is 90.5 Å². The van der Waals surface area contributed by atoms with Gasteiger partial charge in [-0.05, 0) is 25.0 Å². The lowest BCUT2D eigenvalue weighted by Gasteiger charge is -2.16. The van der Waals surface area contributed by atoms with E-state index in [1.54, 1.807) is 0 Å². The Kier molecular flexibility index (Phi) is 5.83. The van der Waals surface area contributed by atoms with Crippen LogP contribution < -0.4 is 10.5 Å². The van der Waals surface area contributed by atoms with E-state index in [-0.39, 0.29) is 17.5 Å². The lowest BCUT2D eigenvalue weighted by molar-refractivity contribution is -0.00535. The third-order valence-corrected chi connectivity index (χ3v) is 4.80. The van der Waals surface area contributed by atoms with Gasteiger partial charge in [0.1, 0.15) is 0 Å². The van der Waals surface area contributed by atoms with Gasteiger partial charge in [0.05, 0.1) is 36.2 Å². The van der Waals surface area contributed by atoms with Gasteiger partial charge in [-0.1, -0.05) is 25.4 Å². The van der Waals surface area contributed by atoms with Gasteiger partial charge < -0.3 is 20.3 Å². The molecule has 0 amide bonds. The normalized spacial score (nSPS) is 20.3. The Hall–Kier alpha value is -1.96. The van der Waals surface area contributed by atoms with E-state index in [4.69, 9.17) is 31.9 Å². The Bertz CT molecular complexity index is 826. The number of anilines is 1. The van der Waals surface area contributed by atoms with Crippen LogP contribution in [0.2, 0.25) is 5.02 Å². The number of aromatic nitrogens is 2. The first-order valence-corrected chi connectivity index (χ1v) is 9.17. The highest BCUT2D eigenvalue weighted by molar-refractivity contribution is 6.32. The number of nitrogens with two attached hydrogens (primary N) is 1. The van der Waals surface area contributed by atoms with Crippen LogP contribution in [0.15, 0.2) is 18.3 Å². The molecule has 1 aromatic heterocycles. The van der Waals surface area contributed by atoms with E-state index in [0.29, 0.717) is 35.2 Å². The summed E-state index contributed by atoms with van der Waals surface area (Å²) in [7, 11) is 0. The predicted molar refractivity (Wildman–Crippen MR) is 101 cm³/mol. The van der Waals surface area contributed by atoms with E-state index in [2.05, 4.69) is 9.97 Å². The minimum absolute atomic E-state index is 0.0980. The molecule has 146 valence electrons. The van der Waals surface area contributed by atoms with Crippen LogP contribution in [0.4, 0.5) is 10.3 Å². The molecule has 3 heterocycles. The number of benzene rings is 1. The molecule has 6 nitrogen and oxygen atoms in total. The molecule has 1 saturated heterocycles. The Morgan fingerprint density at radius 1 is 1.37 bits per heavy atom. The molecule has 2 aromatic rings. The van der Waals surface area contributed by atoms with Gasteiger partial charge in [-0.15, -0.1) is 0 Å². The van der Waals surface area contributed by atoms with E-state index < -0.39 is 5.82 Å². The lowest BCUT2D eigenvalue weighted by Crippen LogP contribution is -2.21. The highest BCUT2D eigenvalue weighted by Gasteiger charge is 2.34. The summed E-state index contributed by atoms with van der Waals surface area (Å²) in [5.74, 6) is -0.0194. The van der Waals surface area contributed by atoms with Crippen LogP contribution in [-0.4, -0.2) is 41.0 Å². The van der Waals surface area contributed by atoms with Crippen LogP contribution in [0.5, 0.6) is 5.75 Å². The molecule has 8 heteroatoms. The van der Waals surface area contributed by atoms with Gasteiger partial charge in [0, 0.05) is 23.1 Å². The summed E-state index contributed by atoms with van der Waals surface area (Å²) in [6.07, 6.45) is 3.15. The lowest BCUT2D eigenvalue weighted by atomic mass is 9.85. The van der Waals surface area contributed by atoms with Gasteiger partial charge in [-0.25, -0.2) is 14.4 Å². The van der Waals surface area contributed by atoms with Gasteiger partial charge in [0.2, 0.25) is 5.95 Å². The van der Waals surface area contributed by atoms with E-state index in [9.17, 15) is 4.39 Å². The molecule has 1 unspecified atom stereocenters. The Labute approximate surface area is 162 Å². The van der Waals surface area contributed by atoms with Crippen molar-refractivity contribution in [3.05, 3.63) is 34.7 Å². The number of rotatable bonds is 1. The average Bonchev–Trinajstić information content (AvgIpc) is 2.94. The maximum absolute atomic E-state index is 14.2. The first kappa shape index (κ1) is 19.8. The SMILES string of the molecule is CC1(C)COc2c(F)cc(-c3nc(N)ncc3Cl)cc21.OC1CCCOC1. The van der Waals surface area contributed by atoms with Crippen molar-refractivity contribution < 1.29 is 19.0 Å². The third kappa shape index (κ3) is 4.48. The van der Waals surface area contributed by atoms with Crippen molar-refractivity contribution in [1.82, 2.24) is 9.97 Å². The van der Waals surface area contributed by atoms with Crippen LogP contribution in [0.25, 0.3) is 11.3 Å². The minimum Gasteiger partial charge on any atom is -0.489 e. The third-order valence-electron chi connectivity index (χ3n) is 4.52. The molecule has 0 spiro atoms. The smallest absolute Gasteiger partial charge is 0.220 e. The zero-order valence-corrected chi connectivity index (χ0v) is 16.1. The summed E-state index contributed by atoms with van der Waals surface area (Å²) >= 11 is 6.07. The summed E-state index contributed by atoms with van der Waals surface area (Å²) < 4.78 is 24.5. The van der Waals surface area contributed by atoms with E-state index in [0.717, 1.165) is 25.0 Å². The van der Waals surface area contributed by atoms with Crippen LogP contribution in [-0.2, 0) is 10.2 Å². The molecular weight excluding hydrogens is 373 g/mol. The second-order valence-electron chi connectivity index (χ2n) is 7.30. The van der Waals surface area contributed by atoms with E-state index >= 15 is 0 Å². The number of aliphatic hydroxyl groups excluding tert-OH is 1. The first-order valence-electron chi connectivity index (χ1n) is 8.79. The summed E-state index contributed by atoms with van der Waals surface area (Å²) in [6.45, 7) is 5.81. The Morgan fingerprint density at radius 3 is 2.78 bits per heavy atom. The number of nitrogen functional groups attached to an aromatic ring is 1. The molecule has 2 aliphatic rings. The van der Waals surface area contributed by atoms with Gasteiger partial charge >= 0.3 is 0 Å². The first-order chi connectivity index (χ1) is 12.8. The van der Waals surface area contributed by atoms with E-state index in [1.165, 1.54) is 12.3 Å². The van der Waals surface area contributed by atoms with Crippen LogP contribution in [0, 0.1) is 5.82 Å². The predicted octanol–water partition coefficient (Wildman–Crippen LogP) is 3.35. The molecule has 1 aromatic carbocycles. The van der Waals surface area contributed by atoms with Gasteiger partial charge in [0.15, 0.2) is 11.6 Å². The molecule has 2 aliphatic heterocycles. The maximum Gasteiger partial charge on any atom is 0.220 e. The number of aliphatic hydroxyl groups is 1. The van der Waals surface area contributed by atoms with Gasteiger partial charge in [-0.3, -0.25) is 0 Å². The highest BCUT2D eigenvalue weighted by Crippen LogP contribution is 2.43. The molecule has 0 saturated carbocycles. The monoisotopic (exact) mass is 395 g/mol. The van der Waals surface area contributed by atoms with Crippen molar-refractivity contribution in [3.8, 4) is 17.0 Å². The van der Waals surface area contributed by atoms with E-state index in [1.807, 2.05) is 19.9 Å². The fraction of sp³-hybridized carbons (Fsp3) is 0.474. The fourth-order valence-electron chi connectivity index (χ4n) is 3.02. The maximum atomic E-state index is 14.2. The second kappa shape index (κ2) is 7.96. The number of hydrogen-bond donors (Lipinski definition) is 2. The zero-order chi connectivity index (χ0) is 19.6. The number of ether oxygens (including phenoxy) is 2. The Balaban J connectivity index is 0.000000253. The molecule has 1 atom stereocenters. The zero-order valence-electron chi connectivity index (χ0n) is 15.3. The standard InChI is InChI=1S/C14H13ClFN3O.C5H10O2/c1-14(2)6-20-12-8(14)3-7(4-10(12)16)11-9(15)5-18-13(17)19-11;6-5-2-1-3-7-4-5/h3-5H,6H2,1-2H3,(H2,17,18,19);5-6H,1-4H2. The van der Waals surface area contributed by atoms with Crippen LogP contribution in [0.3, 0.4) is 0 Å². The molecular formula is C19H23ClFN3O3. The van der Waals surface area contributed by atoms with Crippen molar-refractivity contribution >= 4 is 17.5 Å². The number of hydrogen-bond acceptors (Lipinski definition) is 6. The molecule has 0 radical (unpaired) electrons. The summed E-state index contributed by atoms with van der Waals surface area (Å²) in [5, 5.41) is 9.11. The van der Waals surface area contributed by atoms with Crippen LogP contribution >= 0.6 is 11.6 Å². The molecule has 4 rings (SSSR count). The number of halogens is 2. The second-order valence-corrected chi connectivity index (χ2v) is 7.71. The van der Waals surface area contributed by atoms with Crippen LogP contribution in [0.1, 0.15) is 32.3 Å². The minimum atomic E-state index is -0.420. The van der Waals surface area contributed by atoms with Crippen molar-refractivity contribution in [3.63, 3.8) is 0 Å².